The topological polar surface area (TPSA) is 68.2 Å². The Morgan fingerprint density at radius 1 is 1.13 bits per heavy atom. The Balaban J connectivity index is 1.38. The molecule has 0 spiro atoms. The number of hydrogen-bond donors (Lipinski definition) is 1. The van der Waals surface area contributed by atoms with E-state index < -0.39 is 5.60 Å². The van der Waals surface area contributed by atoms with Gasteiger partial charge in [-0.15, -0.1) is 0 Å². The second kappa shape index (κ2) is 9.52. The van der Waals surface area contributed by atoms with Crippen molar-refractivity contribution < 1.29 is 24.1 Å². The lowest BCUT2D eigenvalue weighted by molar-refractivity contribution is -0.0989. The fourth-order valence-corrected chi connectivity index (χ4v) is 4.19. The highest BCUT2D eigenvalue weighted by Gasteiger charge is 2.46. The van der Waals surface area contributed by atoms with Crippen LogP contribution in [0.1, 0.15) is 23.5 Å². The molecule has 0 unspecified atom stereocenters. The Kier molecular flexibility index (Phi) is 6.57. The molecule has 31 heavy (non-hydrogen) atoms. The average Bonchev–Trinajstić information content (AvgIpc) is 3.09. The van der Waals surface area contributed by atoms with Crippen LogP contribution in [0.25, 0.3) is 11.1 Å². The largest absolute Gasteiger partial charge is 0.448 e. The van der Waals surface area contributed by atoms with Gasteiger partial charge in [-0.05, 0) is 28.7 Å². The van der Waals surface area contributed by atoms with Crippen molar-refractivity contribution in [1.82, 2.24) is 4.90 Å². The number of carbonyl (C=O) groups is 1. The number of ether oxygens (including phenoxy) is 3. The van der Waals surface area contributed by atoms with Crippen LogP contribution in [-0.2, 0) is 14.2 Å². The van der Waals surface area contributed by atoms with Gasteiger partial charge in [-0.1, -0.05) is 60.4 Å². The minimum atomic E-state index is -0.723. The SMILES string of the molecule is COCC#CC1(OCCCO)CN(C(=O)OCC2c3ccccc3-c3ccccc32)C1. The summed E-state index contributed by atoms with van der Waals surface area (Å²) in [5.74, 6) is 6.03. The van der Waals surface area contributed by atoms with Gasteiger partial charge >= 0.3 is 6.09 Å². The summed E-state index contributed by atoms with van der Waals surface area (Å²) in [6, 6.07) is 16.5. The number of fused-ring (bicyclic) bond motifs is 3. The van der Waals surface area contributed by atoms with Crippen LogP contribution in [0.2, 0.25) is 0 Å². The number of rotatable bonds is 7. The van der Waals surface area contributed by atoms with Crippen molar-refractivity contribution >= 4 is 6.09 Å². The normalized spacial score (nSPS) is 16.0. The van der Waals surface area contributed by atoms with Crippen LogP contribution in [0.5, 0.6) is 0 Å². The maximum absolute atomic E-state index is 12.7. The molecule has 0 saturated carbocycles. The summed E-state index contributed by atoms with van der Waals surface area (Å²) >= 11 is 0. The summed E-state index contributed by atoms with van der Waals surface area (Å²) < 4.78 is 16.6. The molecule has 1 saturated heterocycles. The highest BCUT2D eigenvalue weighted by Crippen LogP contribution is 2.44. The van der Waals surface area contributed by atoms with Crippen LogP contribution in [0.4, 0.5) is 4.79 Å². The standard InChI is InChI=1S/C25H27NO5/c1-29-14-6-12-25(31-15-7-13-27)17-26(18-25)24(28)30-16-23-21-10-4-2-8-19(21)20-9-3-5-11-22(20)23/h2-5,8-11,23,27H,7,13-18H2,1H3. The molecule has 1 amide bonds. The summed E-state index contributed by atoms with van der Waals surface area (Å²) in [7, 11) is 1.58. The minimum absolute atomic E-state index is 0.0321. The molecule has 0 aromatic heterocycles. The van der Waals surface area contributed by atoms with E-state index in [9.17, 15) is 4.79 Å². The van der Waals surface area contributed by atoms with Gasteiger partial charge in [0.15, 0.2) is 5.60 Å². The highest BCUT2D eigenvalue weighted by molar-refractivity contribution is 5.79. The maximum Gasteiger partial charge on any atom is 0.410 e. The molecule has 4 rings (SSSR count). The third-order valence-electron chi connectivity index (χ3n) is 5.70. The van der Waals surface area contributed by atoms with Crippen molar-refractivity contribution in [3.05, 3.63) is 59.7 Å². The van der Waals surface area contributed by atoms with Crippen LogP contribution in [0, 0.1) is 11.8 Å². The van der Waals surface area contributed by atoms with Crippen LogP contribution in [0.15, 0.2) is 48.5 Å². The summed E-state index contributed by atoms with van der Waals surface area (Å²) in [5.41, 5.74) is 4.05. The number of likely N-dealkylation sites (tertiary alicyclic amines) is 1. The zero-order chi connectivity index (χ0) is 21.7. The number of aliphatic hydroxyl groups excluding tert-OH is 1. The number of methoxy groups -OCH3 is 1. The Hall–Kier alpha value is -2.85. The molecule has 1 N–H and O–H groups in total. The van der Waals surface area contributed by atoms with E-state index >= 15 is 0 Å². The summed E-state index contributed by atoms with van der Waals surface area (Å²) in [6.45, 7) is 1.71. The Labute approximate surface area is 182 Å². The molecule has 162 valence electrons. The van der Waals surface area contributed by atoms with E-state index in [4.69, 9.17) is 19.3 Å². The molecule has 2 aromatic carbocycles. The molecule has 1 fully saturated rings. The first-order chi connectivity index (χ1) is 15.2. The van der Waals surface area contributed by atoms with E-state index in [0.717, 1.165) is 0 Å². The maximum atomic E-state index is 12.7. The molecule has 0 radical (unpaired) electrons. The third-order valence-corrected chi connectivity index (χ3v) is 5.70. The van der Waals surface area contributed by atoms with Crippen molar-refractivity contribution in [2.75, 3.05) is 46.6 Å². The number of amides is 1. The molecule has 1 heterocycles. The predicted octanol–water partition coefficient (Wildman–Crippen LogP) is 3.04. The number of aliphatic hydroxyl groups is 1. The molecule has 2 aromatic rings. The summed E-state index contributed by atoms with van der Waals surface area (Å²) in [5, 5.41) is 9.00. The van der Waals surface area contributed by atoms with E-state index in [0.29, 0.717) is 32.7 Å². The fourth-order valence-electron chi connectivity index (χ4n) is 4.19. The minimum Gasteiger partial charge on any atom is -0.448 e. The van der Waals surface area contributed by atoms with Gasteiger partial charge in [-0.2, -0.15) is 0 Å². The Morgan fingerprint density at radius 2 is 1.77 bits per heavy atom. The molecule has 6 nitrogen and oxygen atoms in total. The second-order valence-corrected chi connectivity index (χ2v) is 7.81. The van der Waals surface area contributed by atoms with E-state index in [1.165, 1.54) is 22.3 Å². The van der Waals surface area contributed by atoms with E-state index in [2.05, 4.69) is 36.1 Å². The zero-order valence-corrected chi connectivity index (χ0v) is 17.7. The van der Waals surface area contributed by atoms with Crippen molar-refractivity contribution in [1.29, 1.82) is 0 Å². The van der Waals surface area contributed by atoms with Crippen LogP contribution < -0.4 is 0 Å². The first-order valence-corrected chi connectivity index (χ1v) is 10.5. The lowest BCUT2D eigenvalue weighted by Crippen LogP contribution is -2.64. The first-order valence-electron chi connectivity index (χ1n) is 10.5. The third kappa shape index (κ3) is 4.45. The van der Waals surface area contributed by atoms with E-state index in [1.807, 2.05) is 24.3 Å². The smallest absolute Gasteiger partial charge is 0.410 e. The number of benzene rings is 2. The predicted molar refractivity (Wildman–Crippen MR) is 117 cm³/mol. The van der Waals surface area contributed by atoms with Crippen LogP contribution in [-0.4, -0.2) is 68.3 Å². The van der Waals surface area contributed by atoms with Gasteiger partial charge in [-0.25, -0.2) is 4.79 Å². The highest BCUT2D eigenvalue weighted by atomic mass is 16.6. The molecule has 1 aliphatic heterocycles. The molecule has 0 atom stereocenters. The second-order valence-electron chi connectivity index (χ2n) is 7.81. The van der Waals surface area contributed by atoms with Crippen LogP contribution in [0.3, 0.4) is 0 Å². The quantitative estimate of drug-likeness (QED) is 0.550. The molecule has 0 bridgehead atoms. The lowest BCUT2D eigenvalue weighted by Gasteiger charge is -2.45. The van der Waals surface area contributed by atoms with Crippen molar-refractivity contribution in [2.24, 2.45) is 0 Å². The summed E-state index contributed by atoms with van der Waals surface area (Å²) in [6.07, 6.45) is 0.162. The molecular formula is C25H27NO5. The number of nitrogens with zero attached hydrogens (tertiary/aromatic N) is 1. The van der Waals surface area contributed by atoms with Crippen molar-refractivity contribution in [3.8, 4) is 23.0 Å². The van der Waals surface area contributed by atoms with Crippen molar-refractivity contribution in [3.63, 3.8) is 0 Å². The zero-order valence-electron chi connectivity index (χ0n) is 17.7. The monoisotopic (exact) mass is 421 g/mol. The lowest BCUT2D eigenvalue weighted by atomic mass is 9.95. The van der Waals surface area contributed by atoms with Gasteiger partial charge in [0.05, 0.1) is 19.7 Å². The molecular weight excluding hydrogens is 394 g/mol. The van der Waals surface area contributed by atoms with Crippen molar-refractivity contribution in [2.45, 2.75) is 17.9 Å². The molecule has 1 aliphatic carbocycles. The Bertz CT molecular complexity index is 941. The number of hydrogen-bond acceptors (Lipinski definition) is 5. The summed E-state index contributed by atoms with van der Waals surface area (Å²) in [4.78, 5) is 14.3. The molecule has 6 heteroatoms. The van der Waals surface area contributed by atoms with Gasteiger partial charge in [0, 0.05) is 19.6 Å². The number of carbonyl (C=O) groups excluding carboxylic acids is 1. The van der Waals surface area contributed by atoms with E-state index in [-0.39, 0.29) is 25.2 Å². The van der Waals surface area contributed by atoms with Crippen LogP contribution >= 0.6 is 0 Å². The molecule has 2 aliphatic rings. The van der Waals surface area contributed by atoms with Gasteiger partial charge in [0.25, 0.3) is 0 Å². The first kappa shape index (κ1) is 21.4. The fraction of sp³-hybridized carbons (Fsp3) is 0.400. The van der Waals surface area contributed by atoms with Gasteiger partial charge < -0.3 is 24.2 Å². The van der Waals surface area contributed by atoms with Gasteiger partial charge in [-0.3, -0.25) is 0 Å². The Morgan fingerprint density at radius 3 is 2.39 bits per heavy atom. The van der Waals surface area contributed by atoms with E-state index in [1.54, 1.807) is 12.0 Å². The average molecular weight is 421 g/mol. The van der Waals surface area contributed by atoms with Gasteiger partial charge in [0.2, 0.25) is 0 Å². The van der Waals surface area contributed by atoms with Gasteiger partial charge in [0.1, 0.15) is 13.2 Å².